The summed E-state index contributed by atoms with van der Waals surface area (Å²) < 4.78 is 2.56. The molecule has 0 atom stereocenters. The van der Waals surface area contributed by atoms with E-state index >= 15 is 0 Å². The van der Waals surface area contributed by atoms with Crippen LogP contribution < -0.4 is 4.90 Å². The van der Waals surface area contributed by atoms with Gasteiger partial charge in [-0.3, -0.25) is 0 Å². The van der Waals surface area contributed by atoms with Gasteiger partial charge in [-0.1, -0.05) is 224 Å². The number of anilines is 3. The molecule has 0 amide bonds. The maximum atomic E-state index is 2.46. The normalized spacial score (nSPS) is 11.4. The maximum Gasteiger partial charge on any atom is 0.0555 e. The molecule has 13 rings (SSSR count). The van der Waals surface area contributed by atoms with Gasteiger partial charge < -0.3 is 4.90 Å². The molecule has 0 saturated heterocycles. The molecular formula is C68H45NS. The lowest BCUT2D eigenvalue weighted by Gasteiger charge is -2.27. The molecular weight excluding hydrogens is 863 g/mol. The lowest BCUT2D eigenvalue weighted by Crippen LogP contribution is -2.10. The van der Waals surface area contributed by atoms with Gasteiger partial charge in [-0.15, -0.1) is 11.3 Å². The minimum atomic E-state index is 1.09. The second-order valence-electron chi connectivity index (χ2n) is 18.0. The monoisotopic (exact) mass is 907 g/mol. The fraction of sp³-hybridized carbons (Fsp3) is 0. The highest BCUT2D eigenvalue weighted by molar-refractivity contribution is 7.26. The van der Waals surface area contributed by atoms with Crippen molar-refractivity contribution in [3.63, 3.8) is 0 Å². The van der Waals surface area contributed by atoms with Gasteiger partial charge in [0.15, 0.2) is 0 Å². The first-order valence-electron chi connectivity index (χ1n) is 24.0. The molecule has 0 aliphatic carbocycles. The quantitative estimate of drug-likeness (QED) is 0.139. The molecule has 2 heteroatoms. The Hall–Kier alpha value is -8.82. The summed E-state index contributed by atoms with van der Waals surface area (Å²) in [4.78, 5) is 2.46. The van der Waals surface area contributed by atoms with E-state index in [4.69, 9.17) is 0 Å². The molecule has 1 nitrogen and oxygen atoms in total. The number of hydrogen-bond donors (Lipinski definition) is 0. The van der Waals surface area contributed by atoms with Gasteiger partial charge >= 0.3 is 0 Å². The number of thiophene rings is 1. The molecule has 0 fully saturated rings. The van der Waals surface area contributed by atoms with E-state index in [1.165, 1.54) is 108 Å². The number of hydrogen-bond acceptors (Lipinski definition) is 2. The third-order valence-corrected chi connectivity index (χ3v) is 15.1. The molecule has 12 aromatic carbocycles. The number of fused-ring (bicyclic) bond motifs is 5. The Kier molecular flexibility index (Phi) is 10.5. The minimum Gasteiger partial charge on any atom is -0.310 e. The second-order valence-corrected chi connectivity index (χ2v) is 19.0. The second kappa shape index (κ2) is 17.7. The summed E-state index contributed by atoms with van der Waals surface area (Å²) in [5.74, 6) is 0. The molecule has 0 spiro atoms. The van der Waals surface area contributed by atoms with Crippen LogP contribution in [0.1, 0.15) is 0 Å². The van der Waals surface area contributed by atoms with E-state index in [0.29, 0.717) is 0 Å². The molecule has 0 aliphatic heterocycles. The smallest absolute Gasteiger partial charge is 0.0555 e. The van der Waals surface area contributed by atoms with Gasteiger partial charge in [0.25, 0.3) is 0 Å². The van der Waals surface area contributed by atoms with Crippen LogP contribution in [-0.4, -0.2) is 0 Å². The number of rotatable bonds is 9. The molecule has 0 saturated carbocycles. The van der Waals surface area contributed by atoms with Crippen LogP contribution in [0.5, 0.6) is 0 Å². The molecule has 0 N–H and O–H groups in total. The zero-order chi connectivity index (χ0) is 46.4. The molecule has 0 aliphatic rings. The summed E-state index contributed by atoms with van der Waals surface area (Å²) in [5, 5.41) is 7.52. The van der Waals surface area contributed by atoms with Crippen LogP contribution in [-0.2, 0) is 0 Å². The van der Waals surface area contributed by atoms with Crippen molar-refractivity contribution < 1.29 is 0 Å². The molecule has 1 aromatic heterocycles. The molecule has 0 radical (unpaired) electrons. The topological polar surface area (TPSA) is 3.24 Å². The van der Waals surface area contributed by atoms with E-state index in [-0.39, 0.29) is 0 Å². The van der Waals surface area contributed by atoms with Gasteiger partial charge in [-0.25, -0.2) is 0 Å². The highest BCUT2D eigenvalue weighted by Gasteiger charge is 2.22. The Morgan fingerprint density at radius 3 is 1.50 bits per heavy atom. The molecule has 0 bridgehead atoms. The Labute approximate surface area is 412 Å². The molecule has 70 heavy (non-hydrogen) atoms. The molecule has 0 unspecified atom stereocenters. The molecule has 1 heterocycles. The summed E-state index contributed by atoms with van der Waals surface area (Å²) >= 11 is 1.88. The standard InChI is InChI=1S/C68H45NS/c1-2-17-49(18-3-1)59-42-43-65(67-64-29-12-13-31-66(64)70-68(59)67)69(55-38-34-47(35-39-55)52-22-14-23-53(44-52)54-33-32-46-16-4-5-20-51(46)45-54)56-40-36-50(37-41-56)58-25-8-9-26-60(58)62-27-10-11-28-63(62)61-30-15-21-48-19-6-7-24-57(48)61/h1-45H. The van der Waals surface area contributed by atoms with Crippen molar-refractivity contribution in [1.82, 2.24) is 0 Å². The highest BCUT2D eigenvalue weighted by atomic mass is 32.1. The fourth-order valence-corrected chi connectivity index (χ4v) is 11.8. The largest absolute Gasteiger partial charge is 0.310 e. The van der Waals surface area contributed by atoms with Crippen molar-refractivity contribution in [2.75, 3.05) is 4.90 Å². The van der Waals surface area contributed by atoms with Crippen LogP contribution in [0.25, 0.3) is 108 Å². The van der Waals surface area contributed by atoms with Crippen LogP contribution in [0.3, 0.4) is 0 Å². The zero-order valence-corrected chi connectivity index (χ0v) is 39.2. The van der Waals surface area contributed by atoms with E-state index in [1.807, 2.05) is 11.3 Å². The first kappa shape index (κ1) is 41.4. The first-order chi connectivity index (χ1) is 34.7. The molecule has 328 valence electrons. The van der Waals surface area contributed by atoms with Crippen molar-refractivity contribution in [1.29, 1.82) is 0 Å². The van der Waals surface area contributed by atoms with Crippen molar-refractivity contribution in [2.45, 2.75) is 0 Å². The maximum absolute atomic E-state index is 2.46. The van der Waals surface area contributed by atoms with Gasteiger partial charge in [0.2, 0.25) is 0 Å². The van der Waals surface area contributed by atoms with Crippen LogP contribution in [0.2, 0.25) is 0 Å². The van der Waals surface area contributed by atoms with Gasteiger partial charge in [0, 0.05) is 31.5 Å². The van der Waals surface area contributed by atoms with Crippen LogP contribution in [0, 0.1) is 0 Å². The average Bonchev–Trinajstić information content (AvgIpc) is 3.84. The summed E-state index contributed by atoms with van der Waals surface area (Å²) in [6, 6.07) is 99.9. The lowest BCUT2D eigenvalue weighted by atomic mass is 9.88. The van der Waals surface area contributed by atoms with E-state index in [2.05, 4.69) is 278 Å². The van der Waals surface area contributed by atoms with Crippen LogP contribution in [0.15, 0.2) is 273 Å². The Morgan fingerprint density at radius 1 is 0.257 bits per heavy atom. The summed E-state index contributed by atoms with van der Waals surface area (Å²) in [7, 11) is 0. The Morgan fingerprint density at radius 2 is 0.743 bits per heavy atom. The third kappa shape index (κ3) is 7.43. The van der Waals surface area contributed by atoms with E-state index in [1.54, 1.807) is 0 Å². The van der Waals surface area contributed by atoms with Gasteiger partial charge in [0.1, 0.15) is 0 Å². The highest BCUT2D eigenvalue weighted by Crippen LogP contribution is 2.49. The van der Waals surface area contributed by atoms with Crippen molar-refractivity contribution in [3.05, 3.63) is 273 Å². The Balaban J connectivity index is 0.935. The summed E-state index contributed by atoms with van der Waals surface area (Å²) in [6.45, 7) is 0. The van der Waals surface area contributed by atoms with E-state index in [9.17, 15) is 0 Å². The minimum absolute atomic E-state index is 1.09. The zero-order valence-electron chi connectivity index (χ0n) is 38.3. The van der Waals surface area contributed by atoms with Crippen molar-refractivity contribution in [2.24, 2.45) is 0 Å². The Bertz CT molecular complexity index is 4050. The van der Waals surface area contributed by atoms with E-state index < -0.39 is 0 Å². The summed E-state index contributed by atoms with van der Waals surface area (Å²) in [6.07, 6.45) is 0. The van der Waals surface area contributed by atoms with Crippen molar-refractivity contribution in [3.8, 4) is 66.8 Å². The SMILES string of the molecule is c1ccc(-c2ccc(N(c3ccc(-c4cccc(-c5ccc6ccccc6c5)c4)cc3)c3ccc(-c4ccccc4-c4ccccc4-c4cccc5ccccc45)cc3)c3c2sc2ccccc23)cc1. The van der Waals surface area contributed by atoms with E-state index in [0.717, 1.165) is 17.1 Å². The predicted molar refractivity (Wildman–Crippen MR) is 302 cm³/mol. The summed E-state index contributed by atoms with van der Waals surface area (Å²) in [5.41, 5.74) is 17.8. The lowest BCUT2D eigenvalue weighted by molar-refractivity contribution is 1.30. The van der Waals surface area contributed by atoms with Gasteiger partial charge in [-0.05, 0) is 137 Å². The van der Waals surface area contributed by atoms with Crippen LogP contribution >= 0.6 is 11.3 Å². The van der Waals surface area contributed by atoms with Gasteiger partial charge in [0.05, 0.1) is 5.69 Å². The predicted octanol–water partition coefficient (Wildman–Crippen LogP) is 19.8. The number of nitrogens with zero attached hydrogens (tertiary/aromatic N) is 1. The first-order valence-corrected chi connectivity index (χ1v) is 24.8. The number of benzene rings is 12. The van der Waals surface area contributed by atoms with Crippen LogP contribution in [0.4, 0.5) is 17.1 Å². The third-order valence-electron chi connectivity index (χ3n) is 13.9. The molecule has 13 aromatic rings. The van der Waals surface area contributed by atoms with Crippen molar-refractivity contribution >= 4 is 70.1 Å². The van der Waals surface area contributed by atoms with Gasteiger partial charge in [-0.2, -0.15) is 0 Å². The average molecular weight is 908 g/mol. The fourth-order valence-electron chi connectivity index (χ4n) is 10.5.